The zero-order valence-electron chi connectivity index (χ0n) is 8.72. The van der Waals surface area contributed by atoms with Crippen LogP contribution in [0.3, 0.4) is 0 Å². The van der Waals surface area contributed by atoms with Crippen LogP contribution < -0.4 is 0 Å². The molecule has 1 unspecified atom stereocenters. The molecule has 0 saturated heterocycles. The van der Waals surface area contributed by atoms with Crippen LogP contribution in [-0.2, 0) is 4.79 Å². The van der Waals surface area contributed by atoms with Crippen LogP contribution in [0, 0.1) is 0 Å². The lowest BCUT2D eigenvalue weighted by molar-refractivity contribution is -0.137. The number of aromatic nitrogens is 2. The van der Waals surface area contributed by atoms with E-state index >= 15 is 0 Å². The minimum Gasteiger partial charge on any atom is -0.481 e. The van der Waals surface area contributed by atoms with Crippen LogP contribution >= 0.6 is 11.6 Å². The molecule has 0 radical (unpaired) electrons. The quantitative estimate of drug-likeness (QED) is 0.894. The smallest absolute Gasteiger partial charge is 0.304 e. The summed E-state index contributed by atoms with van der Waals surface area (Å²) in [7, 11) is 0. The van der Waals surface area contributed by atoms with E-state index < -0.39 is 5.97 Å². The van der Waals surface area contributed by atoms with Gasteiger partial charge in [0.25, 0.3) is 0 Å². The fourth-order valence-electron chi connectivity index (χ4n) is 1.78. The molecular weight excluding hydrogens is 228 g/mol. The van der Waals surface area contributed by atoms with E-state index in [0.29, 0.717) is 5.15 Å². The second-order valence-electron chi connectivity index (χ2n) is 3.72. The van der Waals surface area contributed by atoms with Crippen molar-refractivity contribution in [2.45, 2.75) is 19.3 Å². The van der Waals surface area contributed by atoms with E-state index in [0.717, 1.165) is 11.3 Å². The molecule has 4 nitrogen and oxygen atoms in total. The first kappa shape index (κ1) is 11.0. The minimum absolute atomic E-state index is 0.0770. The van der Waals surface area contributed by atoms with Crippen LogP contribution in [0.4, 0.5) is 0 Å². The van der Waals surface area contributed by atoms with E-state index in [1.165, 1.54) is 0 Å². The van der Waals surface area contributed by atoms with Crippen molar-refractivity contribution in [1.29, 1.82) is 0 Å². The highest BCUT2D eigenvalue weighted by Gasteiger charge is 2.14. The van der Waals surface area contributed by atoms with Crippen molar-refractivity contribution in [3.05, 3.63) is 35.2 Å². The zero-order chi connectivity index (χ0) is 11.7. The molecule has 1 atom stereocenters. The van der Waals surface area contributed by atoms with Gasteiger partial charge in [0.1, 0.15) is 10.8 Å². The Bertz CT molecular complexity index is 536. The monoisotopic (exact) mass is 238 g/mol. The Hall–Kier alpha value is -1.55. The number of nitrogens with zero attached hydrogens (tertiary/aromatic N) is 2. The topological polar surface area (TPSA) is 54.6 Å². The SMILES string of the molecule is CC(CC(=O)O)c1cccc2ncc(Cl)n12. The van der Waals surface area contributed by atoms with E-state index in [2.05, 4.69) is 4.98 Å². The summed E-state index contributed by atoms with van der Waals surface area (Å²) in [5, 5.41) is 9.28. The molecule has 0 saturated carbocycles. The number of imidazole rings is 1. The van der Waals surface area contributed by atoms with Gasteiger partial charge >= 0.3 is 5.97 Å². The van der Waals surface area contributed by atoms with Gasteiger partial charge in [0.05, 0.1) is 12.6 Å². The fraction of sp³-hybridized carbons (Fsp3) is 0.273. The molecule has 0 fully saturated rings. The second-order valence-corrected chi connectivity index (χ2v) is 4.11. The lowest BCUT2D eigenvalue weighted by atomic mass is 10.0. The standard InChI is InChI=1S/C11H11ClN2O2/c1-7(5-11(15)16)8-3-2-4-10-13-6-9(12)14(8)10/h2-4,6-7H,5H2,1H3,(H,15,16). The molecule has 0 aliphatic carbocycles. The number of carboxylic acid groups (broad SMARTS) is 1. The molecule has 1 N–H and O–H groups in total. The third-order valence-corrected chi connectivity index (χ3v) is 2.77. The third kappa shape index (κ3) is 1.88. The first-order chi connectivity index (χ1) is 7.59. The normalized spacial score (nSPS) is 12.9. The molecule has 0 amide bonds. The highest BCUT2D eigenvalue weighted by molar-refractivity contribution is 6.29. The molecule has 16 heavy (non-hydrogen) atoms. The Morgan fingerprint density at radius 1 is 1.62 bits per heavy atom. The van der Waals surface area contributed by atoms with Gasteiger partial charge in [-0.15, -0.1) is 0 Å². The minimum atomic E-state index is -0.819. The van der Waals surface area contributed by atoms with Crippen molar-refractivity contribution in [2.24, 2.45) is 0 Å². The van der Waals surface area contributed by atoms with Gasteiger partial charge in [0.2, 0.25) is 0 Å². The number of rotatable bonds is 3. The summed E-state index contributed by atoms with van der Waals surface area (Å²) in [6.07, 6.45) is 1.64. The third-order valence-electron chi connectivity index (χ3n) is 2.50. The van der Waals surface area contributed by atoms with Crippen LogP contribution in [0.15, 0.2) is 24.4 Å². The molecule has 0 aromatic carbocycles. The lowest BCUT2D eigenvalue weighted by Gasteiger charge is -2.12. The van der Waals surface area contributed by atoms with Gasteiger partial charge in [-0.2, -0.15) is 0 Å². The largest absolute Gasteiger partial charge is 0.481 e. The molecule has 0 aliphatic rings. The number of hydrogen-bond acceptors (Lipinski definition) is 2. The summed E-state index contributed by atoms with van der Waals surface area (Å²) in [5.74, 6) is -0.923. The number of pyridine rings is 1. The lowest BCUT2D eigenvalue weighted by Crippen LogP contribution is -2.07. The second kappa shape index (κ2) is 4.14. The number of carbonyl (C=O) groups is 1. The van der Waals surface area contributed by atoms with Gasteiger partial charge in [-0.1, -0.05) is 24.6 Å². The van der Waals surface area contributed by atoms with Crippen molar-refractivity contribution in [3.8, 4) is 0 Å². The zero-order valence-corrected chi connectivity index (χ0v) is 9.48. The van der Waals surface area contributed by atoms with Crippen molar-refractivity contribution in [3.63, 3.8) is 0 Å². The number of hydrogen-bond donors (Lipinski definition) is 1. The average molecular weight is 239 g/mol. The Morgan fingerprint density at radius 2 is 2.38 bits per heavy atom. The number of aliphatic carboxylic acids is 1. The molecule has 0 aliphatic heterocycles. The molecular formula is C11H11ClN2O2. The van der Waals surface area contributed by atoms with E-state index in [1.54, 1.807) is 10.6 Å². The van der Waals surface area contributed by atoms with Crippen molar-refractivity contribution < 1.29 is 9.90 Å². The van der Waals surface area contributed by atoms with E-state index in [1.807, 2.05) is 25.1 Å². The van der Waals surface area contributed by atoms with E-state index in [-0.39, 0.29) is 12.3 Å². The average Bonchev–Trinajstić information content (AvgIpc) is 2.59. The highest BCUT2D eigenvalue weighted by Crippen LogP contribution is 2.23. The summed E-state index contributed by atoms with van der Waals surface area (Å²) < 4.78 is 1.77. The summed E-state index contributed by atoms with van der Waals surface area (Å²) in [6, 6.07) is 5.56. The molecule has 2 aromatic heterocycles. The van der Waals surface area contributed by atoms with Crippen LogP contribution in [0.5, 0.6) is 0 Å². The Balaban J connectivity index is 2.50. The van der Waals surface area contributed by atoms with Gasteiger partial charge in [0.15, 0.2) is 0 Å². The molecule has 2 heterocycles. The van der Waals surface area contributed by atoms with Crippen LogP contribution in [0.1, 0.15) is 25.0 Å². The maximum absolute atomic E-state index is 10.7. The predicted octanol–water partition coefficient (Wildman–Crippen LogP) is 2.57. The summed E-state index contributed by atoms with van der Waals surface area (Å²) >= 11 is 6.01. The molecule has 0 spiro atoms. The van der Waals surface area contributed by atoms with Gasteiger partial charge in [0, 0.05) is 11.6 Å². The molecule has 5 heteroatoms. The van der Waals surface area contributed by atoms with Crippen molar-refractivity contribution >= 4 is 23.2 Å². The molecule has 2 rings (SSSR count). The molecule has 2 aromatic rings. The van der Waals surface area contributed by atoms with Crippen LogP contribution in [-0.4, -0.2) is 20.5 Å². The van der Waals surface area contributed by atoms with Crippen LogP contribution in [0.25, 0.3) is 5.65 Å². The first-order valence-electron chi connectivity index (χ1n) is 4.93. The number of carboxylic acids is 1. The van der Waals surface area contributed by atoms with Gasteiger partial charge < -0.3 is 5.11 Å². The van der Waals surface area contributed by atoms with Crippen molar-refractivity contribution in [1.82, 2.24) is 9.38 Å². The van der Waals surface area contributed by atoms with Crippen molar-refractivity contribution in [2.75, 3.05) is 0 Å². The predicted molar refractivity (Wildman–Crippen MR) is 60.9 cm³/mol. The maximum atomic E-state index is 10.7. The first-order valence-corrected chi connectivity index (χ1v) is 5.31. The Labute approximate surface area is 97.5 Å². The van der Waals surface area contributed by atoms with E-state index in [4.69, 9.17) is 16.7 Å². The van der Waals surface area contributed by atoms with Crippen LogP contribution in [0.2, 0.25) is 5.15 Å². The number of halogens is 1. The summed E-state index contributed by atoms with van der Waals surface area (Å²) in [4.78, 5) is 14.8. The van der Waals surface area contributed by atoms with Gasteiger partial charge in [-0.25, -0.2) is 4.98 Å². The Kier molecular flexibility index (Phi) is 2.83. The molecule has 84 valence electrons. The number of fused-ring (bicyclic) bond motifs is 1. The Morgan fingerprint density at radius 3 is 3.06 bits per heavy atom. The van der Waals surface area contributed by atoms with E-state index in [9.17, 15) is 4.79 Å². The van der Waals surface area contributed by atoms with Gasteiger partial charge in [-0.3, -0.25) is 9.20 Å². The highest BCUT2D eigenvalue weighted by atomic mass is 35.5. The van der Waals surface area contributed by atoms with Gasteiger partial charge in [-0.05, 0) is 12.1 Å². The summed E-state index contributed by atoms with van der Waals surface area (Å²) in [6.45, 7) is 1.86. The maximum Gasteiger partial charge on any atom is 0.304 e. The molecule has 0 bridgehead atoms. The summed E-state index contributed by atoms with van der Waals surface area (Å²) in [5.41, 5.74) is 1.60. The fourth-order valence-corrected chi connectivity index (χ4v) is 2.01.